The van der Waals surface area contributed by atoms with Gasteiger partial charge in [0.15, 0.2) is 0 Å². The highest BCUT2D eigenvalue weighted by molar-refractivity contribution is 7.16. The van der Waals surface area contributed by atoms with Crippen LogP contribution >= 0.6 is 22.9 Å². The summed E-state index contributed by atoms with van der Waals surface area (Å²) in [5, 5.41) is 9.67. The van der Waals surface area contributed by atoms with Crippen molar-refractivity contribution >= 4 is 22.9 Å². The number of piperidine rings is 1. The third-order valence-corrected chi connectivity index (χ3v) is 7.36. The Morgan fingerprint density at radius 2 is 2.38 bits per heavy atom. The first-order chi connectivity index (χ1) is 12.5. The van der Waals surface area contributed by atoms with Crippen molar-refractivity contribution in [3.63, 3.8) is 0 Å². The highest BCUT2D eigenvalue weighted by atomic mass is 35.5. The molecule has 2 atom stereocenters. The Hall–Kier alpha value is -1.05. The Balaban J connectivity index is 1.57. The Kier molecular flexibility index (Phi) is 5.05. The van der Waals surface area contributed by atoms with Crippen LogP contribution in [0, 0.1) is 5.82 Å². The zero-order chi connectivity index (χ0) is 18.3. The van der Waals surface area contributed by atoms with Crippen molar-refractivity contribution in [2.75, 3.05) is 13.2 Å². The molecule has 0 amide bonds. The molecule has 1 N–H and O–H groups in total. The van der Waals surface area contributed by atoms with E-state index in [9.17, 15) is 9.50 Å². The number of halogens is 2. The molecule has 4 rings (SSSR count). The van der Waals surface area contributed by atoms with Gasteiger partial charge in [-0.05, 0) is 37.8 Å². The lowest BCUT2D eigenvalue weighted by Crippen LogP contribution is -2.50. The second kappa shape index (κ2) is 7.17. The fourth-order valence-corrected chi connectivity index (χ4v) is 5.92. The van der Waals surface area contributed by atoms with Crippen LogP contribution in [0.15, 0.2) is 18.5 Å². The first-order valence-corrected chi connectivity index (χ1v) is 10.1. The van der Waals surface area contributed by atoms with E-state index in [0.717, 1.165) is 31.4 Å². The van der Waals surface area contributed by atoms with Gasteiger partial charge in [0.25, 0.3) is 0 Å². The van der Waals surface area contributed by atoms with E-state index in [1.807, 2.05) is 0 Å². The Bertz CT molecular complexity index is 815. The highest BCUT2D eigenvalue weighted by Gasteiger charge is 2.45. The van der Waals surface area contributed by atoms with Crippen molar-refractivity contribution in [1.29, 1.82) is 0 Å². The summed E-state index contributed by atoms with van der Waals surface area (Å²) in [6.45, 7) is 4.19. The molecule has 0 aliphatic carbocycles. The number of hydrogen-bond donors (Lipinski definition) is 1. The summed E-state index contributed by atoms with van der Waals surface area (Å²) in [7, 11) is 0. The number of aliphatic hydroxyl groups is 1. The number of fused-ring (bicyclic) bond motifs is 2. The molecule has 0 aromatic carbocycles. The molecule has 1 fully saturated rings. The van der Waals surface area contributed by atoms with Gasteiger partial charge in [-0.1, -0.05) is 11.6 Å². The molecule has 2 aliphatic rings. The van der Waals surface area contributed by atoms with Crippen molar-refractivity contribution in [2.24, 2.45) is 0 Å². The number of rotatable bonds is 3. The summed E-state index contributed by atoms with van der Waals surface area (Å²) in [4.78, 5) is 7.30. The zero-order valence-electron chi connectivity index (χ0n) is 14.7. The number of thiophene rings is 1. The molecule has 0 radical (unpaired) electrons. The van der Waals surface area contributed by atoms with Crippen LogP contribution in [0.1, 0.15) is 41.3 Å². The molecule has 0 bridgehead atoms. The van der Waals surface area contributed by atoms with Crippen LogP contribution in [0.5, 0.6) is 0 Å². The van der Waals surface area contributed by atoms with Crippen molar-refractivity contribution in [3.8, 4) is 0 Å². The van der Waals surface area contributed by atoms with Gasteiger partial charge in [0.05, 0.1) is 23.7 Å². The Morgan fingerprint density at radius 1 is 1.54 bits per heavy atom. The molecule has 1 spiro atoms. The van der Waals surface area contributed by atoms with Crippen LogP contribution in [0.25, 0.3) is 0 Å². The normalized spacial score (nSPS) is 26.2. The number of aromatic nitrogens is 1. The van der Waals surface area contributed by atoms with Crippen LogP contribution in [0.3, 0.4) is 0 Å². The van der Waals surface area contributed by atoms with Gasteiger partial charge in [0.2, 0.25) is 0 Å². The van der Waals surface area contributed by atoms with Crippen LogP contribution < -0.4 is 0 Å². The van der Waals surface area contributed by atoms with Gasteiger partial charge in [0.1, 0.15) is 11.4 Å². The fraction of sp³-hybridized carbons (Fsp3) is 0.526. The average Bonchev–Trinajstić information content (AvgIpc) is 2.96. The standard InChI is InChI=1S/C19H22ClFN2O2S/c1-12-8-19(4-6-23(12)10-13-2-5-22-9-16(13)21)17-14(3-7-25-19)15(11-24)18(20)26-17/h2,5,9,12,24H,3-4,6-8,10-11H2,1H3/t12-,19+/m0/s1. The molecule has 0 saturated carbocycles. The highest BCUT2D eigenvalue weighted by Crippen LogP contribution is 2.49. The molecule has 4 heterocycles. The first kappa shape index (κ1) is 18.3. The van der Waals surface area contributed by atoms with E-state index >= 15 is 0 Å². The first-order valence-electron chi connectivity index (χ1n) is 8.92. The summed E-state index contributed by atoms with van der Waals surface area (Å²) in [5.41, 5.74) is 2.38. The third-order valence-electron chi connectivity index (χ3n) is 5.65. The Labute approximate surface area is 161 Å². The molecular formula is C19H22ClFN2O2S. The van der Waals surface area contributed by atoms with E-state index in [2.05, 4.69) is 16.8 Å². The lowest BCUT2D eigenvalue weighted by molar-refractivity contribution is -0.110. The molecule has 2 aromatic heterocycles. The molecule has 2 aliphatic heterocycles. The number of nitrogens with zero attached hydrogens (tertiary/aromatic N) is 2. The molecule has 0 unspecified atom stereocenters. The summed E-state index contributed by atoms with van der Waals surface area (Å²) >= 11 is 7.92. The van der Waals surface area contributed by atoms with Gasteiger partial charge >= 0.3 is 0 Å². The molecular weight excluding hydrogens is 375 g/mol. The molecule has 2 aromatic rings. The van der Waals surface area contributed by atoms with Crippen LogP contribution in [0.4, 0.5) is 4.39 Å². The zero-order valence-corrected chi connectivity index (χ0v) is 16.2. The number of pyridine rings is 1. The monoisotopic (exact) mass is 396 g/mol. The van der Waals surface area contributed by atoms with Crippen molar-refractivity contribution in [2.45, 2.75) is 51.0 Å². The SMILES string of the molecule is C[C@H]1C[C@@]2(CCN1Cc1ccncc1F)OCCc1c2sc(Cl)c1CO. The van der Waals surface area contributed by atoms with Crippen molar-refractivity contribution in [3.05, 3.63) is 50.2 Å². The van der Waals surface area contributed by atoms with Crippen LogP contribution in [-0.4, -0.2) is 34.2 Å². The van der Waals surface area contributed by atoms with Gasteiger partial charge in [-0.3, -0.25) is 9.88 Å². The molecule has 1 saturated heterocycles. The predicted octanol–water partition coefficient (Wildman–Crippen LogP) is 3.88. The molecule has 140 valence electrons. The second-order valence-electron chi connectivity index (χ2n) is 7.15. The van der Waals surface area contributed by atoms with Crippen molar-refractivity contribution < 1.29 is 14.2 Å². The van der Waals surface area contributed by atoms with Gasteiger partial charge in [-0.2, -0.15) is 0 Å². The smallest absolute Gasteiger partial charge is 0.145 e. The quantitative estimate of drug-likeness (QED) is 0.855. The predicted molar refractivity (Wildman–Crippen MR) is 99.9 cm³/mol. The van der Waals surface area contributed by atoms with E-state index in [-0.39, 0.29) is 24.1 Å². The van der Waals surface area contributed by atoms with E-state index in [1.54, 1.807) is 23.6 Å². The third kappa shape index (κ3) is 3.08. The van der Waals surface area contributed by atoms with E-state index < -0.39 is 0 Å². The lowest BCUT2D eigenvalue weighted by Gasteiger charge is -2.47. The minimum absolute atomic E-state index is 0.0241. The summed E-state index contributed by atoms with van der Waals surface area (Å²) < 4.78 is 20.9. The topological polar surface area (TPSA) is 45.6 Å². The minimum atomic E-state index is -0.331. The molecule has 4 nitrogen and oxygen atoms in total. The van der Waals surface area contributed by atoms with Crippen LogP contribution in [-0.2, 0) is 29.9 Å². The largest absolute Gasteiger partial charge is 0.392 e. The maximum absolute atomic E-state index is 14.0. The maximum Gasteiger partial charge on any atom is 0.145 e. The average molecular weight is 397 g/mol. The fourth-order valence-electron chi connectivity index (χ4n) is 4.25. The van der Waals surface area contributed by atoms with Gasteiger partial charge in [-0.15, -0.1) is 11.3 Å². The van der Waals surface area contributed by atoms with Gasteiger partial charge in [-0.25, -0.2) is 4.39 Å². The maximum atomic E-state index is 14.0. The van der Waals surface area contributed by atoms with E-state index in [4.69, 9.17) is 16.3 Å². The molecule has 7 heteroatoms. The lowest BCUT2D eigenvalue weighted by atomic mass is 9.81. The second-order valence-corrected chi connectivity index (χ2v) is 8.78. The molecule has 26 heavy (non-hydrogen) atoms. The number of ether oxygens (including phenoxy) is 1. The summed E-state index contributed by atoms with van der Waals surface area (Å²) in [6, 6.07) is 1.99. The number of aliphatic hydroxyl groups excluding tert-OH is 1. The number of likely N-dealkylation sites (tertiary alicyclic amines) is 1. The summed E-state index contributed by atoms with van der Waals surface area (Å²) in [5.74, 6) is -0.256. The van der Waals surface area contributed by atoms with Crippen LogP contribution in [0.2, 0.25) is 4.34 Å². The van der Waals surface area contributed by atoms with Crippen molar-refractivity contribution in [1.82, 2.24) is 9.88 Å². The van der Waals surface area contributed by atoms with Gasteiger partial charge in [0, 0.05) is 41.3 Å². The Morgan fingerprint density at radius 3 is 3.12 bits per heavy atom. The number of hydrogen-bond acceptors (Lipinski definition) is 5. The van der Waals surface area contributed by atoms with E-state index in [1.165, 1.54) is 16.6 Å². The van der Waals surface area contributed by atoms with Gasteiger partial charge < -0.3 is 9.84 Å². The van der Waals surface area contributed by atoms with E-state index in [0.29, 0.717) is 23.1 Å². The minimum Gasteiger partial charge on any atom is -0.392 e. The summed E-state index contributed by atoms with van der Waals surface area (Å²) in [6.07, 6.45) is 5.39.